The van der Waals surface area contributed by atoms with E-state index in [9.17, 15) is 8.42 Å². The molecule has 0 saturated heterocycles. The SMILES string of the molecule is Cc1cc(C)n(-c2cc(NCCNS(=O)(=O)c3ccc4c(c3)CCCC4)nc(C)n2)n1. The normalized spacial score (nSPS) is 13.8. The number of fused-ring (bicyclic) bond motifs is 1. The topological polar surface area (TPSA) is 102 Å². The van der Waals surface area contributed by atoms with E-state index in [1.165, 1.54) is 12.0 Å². The summed E-state index contributed by atoms with van der Waals surface area (Å²) in [6.07, 6.45) is 4.27. The van der Waals surface area contributed by atoms with Gasteiger partial charge in [0.05, 0.1) is 10.6 Å². The van der Waals surface area contributed by atoms with Gasteiger partial charge < -0.3 is 5.32 Å². The van der Waals surface area contributed by atoms with Crippen molar-refractivity contribution in [1.29, 1.82) is 0 Å². The molecule has 3 aromatic rings. The first kappa shape index (κ1) is 21.5. The van der Waals surface area contributed by atoms with Crippen LogP contribution in [0.15, 0.2) is 35.2 Å². The summed E-state index contributed by atoms with van der Waals surface area (Å²) in [5.41, 5.74) is 4.32. The van der Waals surface area contributed by atoms with Crippen molar-refractivity contribution in [3.8, 4) is 5.82 Å². The van der Waals surface area contributed by atoms with E-state index in [2.05, 4.69) is 25.1 Å². The van der Waals surface area contributed by atoms with Crippen LogP contribution in [0.25, 0.3) is 5.82 Å². The lowest BCUT2D eigenvalue weighted by Gasteiger charge is -2.17. The molecule has 0 saturated carbocycles. The van der Waals surface area contributed by atoms with E-state index in [1.54, 1.807) is 10.7 Å². The molecule has 0 fully saturated rings. The highest BCUT2D eigenvalue weighted by Gasteiger charge is 2.17. The Morgan fingerprint density at radius 2 is 1.74 bits per heavy atom. The second-order valence-electron chi connectivity index (χ2n) is 7.96. The summed E-state index contributed by atoms with van der Waals surface area (Å²) in [6, 6.07) is 9.27. The van der Waals surface area contributed by atoms with E-state index in [4.69, 9.17) is 0 Å². The molecule has 2 heterocycles. The summed E-state index contributed by atoms with van der Waals surface area (Å²) >= 11 is 0. The van der Waals surface area contributed by atoms with Crippen LogP contribution in [0.5, 0.6) is 0 Å². The number of rotatable bonds is 7. The third-order valence-electron chi connectivity index (χ3n) is 5.40. The molecule has 31 heavy (non-hydrogen) atoms. The van der Waals surface area contributed by atoms with Gasteiger partial charge in [-0.05, 0) is 75.8 Å². The molecule has 2 aromatic heterocycles. The Bertz CT molecular complexity index is 1200. The number of aryl methyl sites for hydroxylation is 5. The zero-order valence-corrected chi connectivity index (χ0v) is 19.0. The van der Waals surface area contributed by atoms with Gasteiger partial charge in [-0.25, -0.2) is 27.8 Å². The Labute approximate surface area is 183 Å². The van der Waals surface area contributed by atoms with Crippen LogP contribution in [-0.4, -0.2) is 41.3 Å². The van der Waals surface area contributed by atoms with Crippen molar-refractivity contribution in [2.45, 2.75) is 51.3 Å². The van der Waals surface area contributed by atoms with Crippen molar-refractivity contribution in [3.05, 3.63) is 58.7 Å². The highest BCUT2D eigenvalue weighted by molar-refractivity contribution is 7.89. The van der Waals surface area contributed by atoms with Crippen LogP contribution in [0.2, 0.25) is 0 Å². The fourth-order valence-electron chi connectivity index (χ4n) is 3.95. The second-order valence-corrected chi connectivity index (χ2v) is 9.73. The maximum Gasteiger partial charge on any atom is 0.240 e. The predicted octanol–water partition coefficient (Wildman–Crippen LogP) is 2.86. The molecular weight excluding hydrogens is 412 g/mol. The molecule has 1 aromatic carbocycles. The predicted molar refractivity (Wildman–Crippen MR) is 120 cm³/mol. The van der Waals surface area contributed by atoms with Crippen molar-refractivity contribution >= 4 is 15.8 Å². The first-order valence-electron chi connectivity index (χ1n) is 10.6. The Morgan fingerprint density at radius 1 is 0.968 bits per heavy atom. The monoisotopic (exact) mass is 440 g/mol. The van der Waals surface area contributed by atoms with Crippen molar-refractivity contribution < 1.29 is 8.42 Å². The number of aromatic nitrogens is 4. The zero-order valence-electron chi connectivity index (χ0n) is 18.1. The first-order chi connectivity index (χ1) is 14.8. The summed E-state index contributed by atoms with van der Waals surface area (Å²) < 4.78 is 29.8. The van der Waals surface area contributed by atoms with Gasteiger partial charge in [0, 0.05) is 24.8 Å². The number of anilines is 1. The fourth-order valence-corrected chi connectivity index (χ4v) is 5.03. The van der Waals surface area contributed by atoms with E-state index < -0.39 is 10.0 Å². The zero-order chi connectivity index (χ0) is 22.0. The number of benzene rings is 1. The smallest absolute Gasteiger partial charge is 0.240 e. The summed E-state index contributed by atoms with van der Waals surface area (Å²) in [5, 5.41) is 7.64. The summed E-state index contributed by atoms with van der Waals surface area (Å²) in [5.74, 6) is 1.92. The van der Waals surface area contributed by atoms with E-state index in [-0.39, 0.29) is 6.54 Å². The lowest BCUT2D eigenvalue weighted by molar-refractivity contribution is 0.582. The Morgan fingerprint density at radius 3 is 2.48 bits per heavy atom. The van der Waals surface area contributed by atoms with Gasteiger partial charge in [-0.3, -0.25) is 0 Å². The number of nitrogens with one attached hydrogen (secondary N) is 2. The number of nitrogens with zero attached hydrogens (tertiary/aromatic N) is 4. The van der Waals surface area contributed by atoms with Gasteiger partial charge in [0.25, 0.3) is 0 Å². The third kappa shape index (κ3) is 4.94. The highest BCUT2D eigenvalue weighted by Crippen LogP contribution is 2.24. The van der Waals surface area contributed by atoms with Crippen molar-refractivity contribution in [1.82, 2.24) is 24.5 Å². The molecule has 9 heteroatoms. The van der Waals surface area contributed by atoms with Crippen LogP contribution in [-0.2, 0) is 22.9 Å². The van der Waals surface area contributed by atoms with E-state index in [1.807, 2.05) is 45.0 Å². The van der Waals surface area contributed by atoms with Crippen LogP contribution in [0.4, 0.5) is 5.82 Å². The Kier molecular flexibility index (Phi) is 6.06. The molecule has 8 nitrogen and oxygen atoms in total. The highest BCUT2D eigenvalue weighted by atomic mass is 32.2. The van der Waals surface area contributed by atoms with Crippen LogP contribution in [0, 0.1) is 20.8 Å². The van der Waals surface area contributed by atoms with Crippen LogP contribution >= 0.6 is 0 Å². The van der Waals surface area contributed by atoms with Gasteiger partial charge in [0.15, 0.2) is 5.82 Å². The van der Waals surface area contributed by atoms with Crippen LogP contribution < -0.4 is 10.0 Å². The molecule has 1 aliphatic carbocycles. The van der Waals surface area contributed by atoms with Crippen molar-refractivity contribution in [2.75, 3.05) is 18.4 Å². The van der Waals surface area contributed by atoms with Gasteiger partial charge in [0.2, 0.25) is 10.0 Å². The van der Waals surface area contributed by atoms with Crippen LogP contribution in [0.1, 0.15) is 41.2 Å². The van der Waals surface area contributed by atoms with E-state index >= 15 is 0 Å². The molecule has 0 bridgehead atoms. The van der Waals surface area contributed by atoms with Gasteiger partial charge >= 0.3 is 0 Å². The van der Waals surface area contributed by atoms with Gasteiger partial charge in [-0.15, -0.1) is 0 Å². The molecule has 0 aliphatic heterocycles. The molecule has 1 aliphatic rings. The van der Waals surface area contributed by atoms with Gasteiger partial charge in [0.1, 0.15) is 11.6 Å². The first-order valence-corrected chi connectivity index (χ1v) is 12.0. The summed E-state index contributed by atoms with van der Waals surface area (Å²) in [7, 11) is -3.55. The van der Waals surface area contributed by atoms with E-state index in [0.717, 1.165) is 36.2 Å². The molecular formula is C22H28N6O2S. The Balaban J connectivity index is 1.39. The summed E-state index contributed by atoms with van der Waals surface area (Å²) in [6.45, 7) is 6.37. The molecule has 0 amide bonds. The maximum absolute atomic E-state index is 12.7. The number of sulfonamides is 1. The van der Waals surface area contributed by atoms with E-state index in [0.29, 0.717) is 28.9 Å². The standard InChI is InChI=1S/C22H28N6O2S/c1-15-12-16(2)28(27-15)22-14-21(25-17(3)26-22)23-10-11-24-31(29,30)20-9-8-18-6-4-5-7-19(18)13-20/h8-9,12-14,24H,4-7,10-11H2,1-3H3,(H,23,25,26). The van der Waals surface area contributed by atoms with Crippen molar-refractivity contribution in [2.24, 2.45) is 0 Å². The van der Waals surface area contributed by atoms with Gasteiger partial charge in [-0.2, -0.15) is 5.10 Å². The van der Waals surface area contributed by atoms with Crippen LogP contribution in [0.3, 0.4) is 0 Å². The van der Waals surface area contributed by atoms with Crippen molar-refractivity contribution in [3.63, 3.8) is 0 Å². The lowest BCUT2D eigenvalue weighted by Crippen LogP contribution is -2.29. The van der Waals surface area contributed by atoms with Gasteiger partial charge in [-0.1, -0.05) is 6.07 Å². The lowest BCUT2D eigenvalue weighted by atomic mass is 9.92. The largest absolute Gasteiger partial charge is 0.369 e. The number of hydrogen-bond donors (Lipinski definition) is 2. The average Bonchev–Trinajstić information content (AvgIpc) is 3.08. The second kappa shape index (κ2) is 8.76. The molecule has 2 N–H and O–H groups in total. The maximum atomic E-state index is 12.7. The quantitative estimate of drug-likeness (QED) is 0.548. The molecule has 0 unspecified atom stereocenters. The molecule has 164 valence electrons. The number of hydrogen-bond acceptors (Lipinski definition) is 6. The Hall–Kier alpha value is -2.78. The minimum absolute atomic E-state index is 0.248. The molecule has 4 rings (SSSR count). The molecule has 0 atom stereocenters. The fraction of sp³-hybridized carbons (Fsp3) is 0.409. The third-order valence-corrected chi connectivity index (χ3v) is 6.86. The molecule has 0 radical (unpaired) electrons. The minimum Gasteiger partial charge on any atom is -0.369 e. The molecule has 0 spiro atoms. The minimum atomic E-state index is -3.55. The summed E-state index contributed by atoms with van der Waals surface area (Å²) in [4.78, 5) is 9.19. The average molecular weight is 441 g/mol.